The fourth-order valence-electron chi connectivity index (χ4n) is 3.19. The Morgan fingerprint density at radius 1 is 1.15 bits per heavy atom. The maximum Gasteiger partial charge on any atom is 0.241 e. The summed E-state index contributed by atoms with van der Waals surface area (Å²) in [6, 6.07) is 5.41. The minimum Gasteiger partial charge on any atom is -0.208 e. The number of nitrogens with one attached hydrogen (secondary N) is 1. The molecule has 0 aliphatic heterocycles. The van der Waals surface area contributed by atoms with Crippen molar-refractivity contribution in [1.82, 2.24) is 4.72 Å². The molecule has 0 aromatic heterocycles. The van der Waals surface area contributed by atoms with Crippen molar-refractivity contribution in [3.8, 4) is 0 Å². The van der Waals surface area contributed by atoms with Crippen LogP contribution < -0.4 is 4.72 Å². The van der Waals surface area contributed by atoms with Crippen LogP contribution in [0.2, 0.25) is 0 Å². The minimum atomic E-state index is -3.44. The molecule has 1 fully saturated rings. The van der Waals surface area contributed by atoms with Gasteiger partial charge in [-0.15, -0.1) is 0 Å². The van der Waals surface area contributed by atoms with Gasteiger partial charge in [0.25, 0.3) is 0 Å². The van der Waals surface area contributed by atoms with Crippen LogP contribution in [-0.4, -0.2) is 14.5 Å². The molecular formula is C15H22BrNO2S. The second kappa shape index (κ2) is 6.16. The first-order chi connectivity index (χ1) is 9.28. The van der Waals surface area contributed by atoms with Gasteiger partial charge in [-0.25, -0.2) is 13.1 Å². The molecule has 0 amide bonds. The molecule has 3 nitrogen and oxygen atoms in total. The predicted octanol–water partition coefficient (Wildman–Crippen LogP) is 3.86. The fraction of sp³-hybridized carbons (Fsp3) is 0.600. The van der Waals surface area contributed by atoms with E-state index < -0.39 is 10.0 Å². The molecule has 0 saturated heterocycles. The largest absolute Gasteiger partial charge is 0.241 e. The lowest BCUT2D eigenvalue weighted by Gasteiger charge is -2.31. The van der Waals surface area contributed by atoms with Crippen LogP contribution in [0.1, 0.15) is 38.7 Å². The minimum absolute atomic E-state index is 0.0529. The van der Waals surface area contributed by atoms with Crippen LogP contribution in [-0.2, 0) is 10.0 Å². The van der Waals surface area contributed by atoms with Gasteiger partial charge in [-0.05, 0) is 55.7 Å². The van der Waals surface area contributed by atoms with E-state index in [1.807, 2.05) is 19.1 Å². The van der Waals surface area contributed by atoms with E-state index in [1.165, 1.54) is 6.42 Å². The molecule has 0 spiro atoms. The van der Waals surface area contributed by atoms with E-state index in [4.69, 9.17) is 0 Å². The second-order valence-electron chi connectivity index (χ2n) is 6.15. The Kier molecular flexibility index (Phi) is 4.92. The number of hydrogen-bond donors (Lipinski definition) is 1. The van der Waals surface area contributed by atoms with Crippen LogP contribution in [0.3, 0.4) is 0 Å². The lowest BCUT2D eigenvalue weighted by molar-refractivity contribution is 0.257. The Labute approximate surface area is 130 Å². The Morgan fingerprint density at radius 3 is 2.35 bits per heavy atom. The molecule has 1 N–H and O–H groups in total. The van der Waals surface area contributed by atoms with Crippen LogP contribution in [0.5, 0.6) is 0 Å². The van der Waals surface area contributed by atoms with Crippen molar-refractivity contribution in [3.05, 3.63) is 28.2 Å². The molecule has 2 atom stereocenters. The standard InChI is InChI=1S/C15H22BrNO2S/c1-10-6-11(2)8-14(7-10)17-20(18,19)15-9-13(16)5-4-12(15)3/h4-5,9-11,14,17H,6-8H2,1-3H3. The Morgan fingerprint density at radius 2 is 1.75 bits per heavy atom. The summed E-state index contributed by atoms with van der Waals surface area (Å²) in [7, 11) is -3.44. The van der Waals surface area contributed by atoms with Gasteiger partial charge < -0.3 is 0 Å². The van der Waals surface area contributed by atoms with Crippen molar-refractivity contribution in [2.45, 2.75) is 51.0 Å². The molecule has 1 aromatic rings. The van der Waals surface area contributed by atoms with Gasteiger partial charge in [0.2, 0.25) is 10.0 Å². The first kappa shape index (κ1) is 16.0. The van der Waals surface area contributed by atoms with E-state index in [0.29, 0.717) is 16.7 Å². The molecule has 112 valence electrons. The lowest BCUT2D eigenvalue weighted by atomic mass is 9.81. The zero-order chi connectivity index (χ0) is 14.9. The summed E-state index contributed by atoms with van der Waals surface area (Å²) in [6.07, 6.45) is 3.04. The average molecular weight is 360 g/mol. The molecule has 2 rings (SSSR count). The van der Waals surface area contributed by atoms with E-state index >= 15 is 0 Å². The second-order valence-corrected chi connectivity index (χ2v) is 8.74. The van der Waals surface area contributed by atoms with Crippen molar-refractivity contribution in [2.75, 3.05) is 0 Å². The van der Waals surface area contributed by atoms with Gasteiger partial charge >= 0.3 is 0 Å². The van der Waals surface area contributed by atoms with Gasteiger partial charge in [-0.3, -0.25) is 0 Å². The number of rotatable bonds is 3. The first-order valence-electron chi connectivity index (χ1n) is 7.06. The normalized spacial score (nSPS) is 27.5. The molecule has 0 bridgehead atoms. The lowest BCUT2D eigenvalue weighted by Crippen LogP contribution is -2.40. The molecule has 0 heterocycles. The molecule has 1 aliphatic rings. The smallest absolute Gasteiger partial charge is 0.208 e. The van der Waals surface area contributed by atoms with E-state index in [-0.39, 0.29) is 6.04 Å². The number of hydrogen-bond acceptors (Lipinski definition) is 2. The number of halogens is 1. The monoisotopic (exact) mass is 359 g/mol. The molecule has 5 heteroatoms. The summed E-state index contributed by atoms with van der Waals surface area (Å²) in [6.45, 7) is 6.22. The molecule has 1 saturated carbocycles. The third-order valence-electron chi connectivity index (χ3n) is 3.94. The van der Waals surface area contributed by atoms with Crippen LogP contribution in [0.15, 0.2) is 27.6 Å². The van der Waals surface area contributed by atoms with Crippen molar-refractivity contribution in [3.63, 3.8) is 0 Å². The molecule has 1 aliphatic carbocycles. The maximum absolute atomic E-state index is 12.6. The number of sulfonamides is 1. The molecular weight excluding hydrogens is 338 g/mol. The topological polar surface area (TPSA) is 46.2 Å². The van der Waals surface area contributed by atoms with Crippen molar-refractivity contribution in [2.24, 2.45) is 11.8 Å². The van der Waals surface area contributed by atoms with Gasteiger partial charge in [0.1, 0.15) is 0 Å². The number of aryl methyl sites for hydroxylation is 1. The summed E-state index contributed by atoms with van der Waals surface area (Å²) < 4.78 is 28.8. The first-order valence-corrected chi connectivity index (χ1v) is 9.34. The quantitative estimate of drug-likeness (QED) is 0.890. The van der Waals surface area contributed by atoms with Crippen LogP contribution in [0.25, 0.3) is 0 Å². The molecule has 1 aromatic carbocycles. The highest BCUT2D eigenvalue weighted by molar-refractivity contribution is 9.10. The van der Waals surface area contributed by atoms with Gasteiger partial charge in [0.15, 0.2) is 0 Å². The highest BCUT2D eigenvalue weighted by atomic mass is 79.9. The molecule has 0 radical (unpaired) electrons. The third kappa shape index (κ3) is 3.83. The van der Waals surface area contributed by atoms with Crippen molar-refractivity contribution >= 4 is 26.0 Å². The van der Waals surface area contributed by atoms with Crippen LogP contribution >= 0.6 is 15.9 Å². The van der Waals surface area contributed by atoms with Gasteiger partial charge in [0, 0.05) is 10.5 Å². The van der Waals surface area contributed by atoms with E-state index in [2.05, 4.69) is 34.5 Å². The maximum atomic E-state index is 12.6. The Bertz CT molecular complexity index is 576. The molecule has 20 heavy (non-hydrogen) atoms. The van der Waals surface area contributed by atoms with Crippen LogP contribution in [0, 0.1) is 18.8 Å². The number of benzene rings is 1. The zero-order valence-corrected chi connectivity index (χ0v) is 14.6. The Balaban J connectivity index is 2.21. The van der Waals surface area contributed by atoms with Gasteiger partial charge in [-0.2, -0.15) is 0 Å². The highest BCUT2D eigenvalue weighted by Crippen LogP contribution is 2.30. The summed E-state index contributed by atoms with van der Waals surface area (Å²) in [5.41, 5.74) is 0.776. The molecule has 2 unspecified atom stereocenters. The summed E-state index contributed by atoms with van der Waals surface area (Å²) in [5.74, 6) is 1.16. The SMILES string of the molecule is Cc1ccc(Br)cc1S(=O)(=O)NC1CC(C)CC(C)C1. The zero-order valence-electron chi connectivity index (χ0n) is 12.2. The van der Waals surface area contributed by atoms with E-state index in [9.17, 15) is 8.42 Å². The van der Waals surface area contributed by atoms with E-state index in [1.54, 1.807) is 6.07 Å². The fourth-order valence-corrected chi connectivity index (χ4v) is 5.23. The van der Waals surface area contributed by atoms with E-state index in [0.717, 1.165) is 22.9 Å². The Hall–Kier alpha value is -0.390. The average Bonchev–Trinajstić information content (AvgIpc) is 2.30. The van der Waals surface area contributed by atoms with Gasteiger partial charge in [0.05, 0.1) is 4.90 Å². The van der Waals surface area contributed by atoms with Crippen LogP contribution in [0.4, 0.5) is 0 Å². The summed E-state index contributed by atoms with van der Waals surface area (Å²) in [4.78, 5) is 0.373. The van der Waals surface area contributed by atoms with Crippen molar-refractivity contribution in [1.29, 1.82) is 0 Å². The third-order valence-corrected chi connectivity index (χ3v) is 6.10. The van der Waals surface area contributed by atoms with Crippen molar-refractivity contribution < 1.29 is 8.42 Å². The summed E-state index contributed by atoms with van der Waals surface area (Å²) in [5, 5.41) is 0. The highest BCUT2D eigenvalue weighted by Gasteiger charge is 2.28. The van der Waals surface area contributed by atoms with Gasteiger partial charge in [-0.1, -0.05) is 35.8 Å². The predicted molar refractivity (Wildman–Crippen MR) is 85.2 cm³/mol. The summed E-state index contributed by atoms with van der Waals surface area (Å²) >= 11 is 3.34.